The van der Waals surface area contributed by atoms with Crippen LogP contribution in [0.2, 0.25) is 0 Å². The van der Waals surface area contributed by atoms with E-state index in [1.165, 1.54) is 0 Å². The number of Topliss-reactive ketones (excluding diaryl/α,β-unsaturated/α-hetero) is 1. The van der Waals surface area contributed by atoms with E-state index in [2.05, 4.69) is 4.98 Å². The molecule has 3 rings (SSSR count). The number of hydrogen-bond donors (Lipinski definition) is 1. The molecule has 0 spiro atoms. The Morgan fingerprint density at radius 1 is 1.14 bits per heavy atom. The lowest BCUT2D eigenvalue weighted by Crippen LogP contribution is -2.21. The summed E-state index contributed by atoms with van der Waals surface area (Å²) < 4.78 is 38.7. The third-order valence-electron chi connectivity index (χ3n) is 4.41. The van der Waals surface area contributed by atoms with Crippen molar-refractivity contribution in [3.05, 3.63) is 35.5 Å². The Kier molecular flexibility index (Phi) is 3.98. The fourth-order valence-corrected chi connectivity index (χ4v) is 3.36. The summed E-state index contributed by atoms with van der Waals surface area (Å²) in [6, 6.07) is 6.81. The van der Waals surface area contributed by atoms with E-state index >= 15 is 0 Å². The molecule has 5 heteroatoms. The summed E-state index contributed by atoms with van der Waals surface area (Å²) >= 11 is 0. The standard InChI is InChI=1S/C17H18F3NO/c18-17(19,20)10-13-12-8-4-5-9-14(12)21-15(13)16(22)11-6-2-1-3-7-11/h4-5,8-9,11,21H,1-3,6-7,10H2. The Labute approximate surface area is 126 Å². The lowest BCUT2D eigenvalue weighted by molar-refractivity contribution is -0.127. The average molecular weight is 309 g/mol. The highest BCUT2D eigenvalue weighted by molar-refractivity contribution is 6.03. The molecule has 1 aliphatic carbocycles. The highest BCUT2D eigenvalue weighted by Crippen LogP contribution is 2.33. The summed E-state index contributed by atoms with van der Waals surface area (Å²) in [4.78, 5) is 15.6. The lowest BCUT2D eigenvalue weighted by Gasteiger charge is -2.20. The number of para-hydroxylation sites is 1. The second-order valence-corrected chi connectivity index (χ2v) is 6.02. The molecule has 1 aliphatic rings. The number of hydrogen-bond acceptors (Lipinski definition) is 1. The van der Waals surface area contributed by atoms with Gasteiger partial charge in [-0.25, -0.2) is 0 Å². The van der Waals surface area contributed by atoms with Crippen molar-refractivity contribution in [1.29, 1.82) is 0 Å². The molecule has 0 amide bonds. The van der Waals surface area contributed by atoms with Gasteiger partial charge in [0.25, 0.3) is 0 Å². The molecule has 0 saturated heterocycles. The minimum atomic E-state index is -4.33. The number of carbonyl (C=O) groups excluding carboxylic acids is 1. The summed E-state index contributed by atoms with van der Waals surface area (Å²) in [6.45, 7) is 0. The van der Waals surface area contributed by atoms with Crippen molar-refractivity contribution in [2.24, 2.45) is 5.92 Å². The fourth-order valence-electron chi connectivity index (χ4n) is 3.36. The van der Waals surface area contributed by atoms with E-state index in [1.807, 2.05) is 0 Å². The normalized spacial score (nSPS) is 17.0. The number of H-pyrrole nitrogens is 1. The van der Waals surface area contributed by atoms with Crippen molar-refractivity contribution >= 4 is 16.7 Å². The zero-order chi connectivity index (χ0) is 15.7. The minimum absolute atomic E-state index is 0.0960. The second kappa shape index (κ2) is 5.78. The van der Waals surface area contributed by atoms with E-state index < -0.39 is 12.6 Å². The number of alkyl halides is 3. The van der Waals surface area contributed by atoms with Crippen molar-refractivity contribution in [3.63, 3.8) is 0 Å². The Bertz CT molecular complexity index is 681. The van der Waals surface area contributed by atoms with Crippen molar-refractivity contribution in [3.8, 4) is 0 Å². The van der Waals surface area contributed by atoms with Gasteiger partial charge in [-0.3, -0.25) is 4.79 Å². The fraction of sp³-hybridized carbons (Fsp3) is 0.471. The largest absolute Gasteiger partial charge is 0.393 e. The van der Waals surface area contributed by atoms with Gasteiger partial charge in [-0.1, -0.05) is 37.5 Å². The molecule has 0 radical (unpaired) electrons. The van der Waals surface area contributed by atoms with E-state index in [0.717, 1.165) is 32.1 Å². The van der Waals surface area contributed by atoms with Crippen LogP contribution in [0.25, 0.3) is 10.9 Å². The Morgan fingerprint density at radius 3 is 2.50 bits per heavy atom. The summed E-state index contributed by atoms with van der Waals surface area (Å²) in [6.07, 6.45) is -0.779. The molecule has 0 bridgehead atoms. The monoisotopic (exact) mass is 309 g/mol. The van der Waals surface area contributed by atoms with Gasteiger partial charge in [0.2, 0.25) is 0 Å². The molecular formula is C17H18F3NO. The quantitative estimate of drug-likeness (QED) is 0.792. The van der Waals surface area contributed by atoms with E-state index in [0.29, 0.717) is 10.9 Å². The van der Waals surface area contributed by atoms with E-state index in [1.54, 1.807) is 24.3 Å². The van der Waals surface area contributed by atoms with Crippen LogP contribution < -0.4 is 0 Å². The first-order valence-corrected chi connectivity index (χ1v) is 7.66. The molecule has 0 aliphatic heterocycles. The maximum absolute atomic E-state index is 12.9. The number of halogens is 3. The maximum atomic E-state index is 12.9. The van der Waals surface area contributed by atoms with Gasteiger partial charge in [-0.15, -0.1) is 0 Å². The molecule has 0 atom stereocenters. The van der Waals surface area contributed by atoms with Gasteiger partial charge in [-0.2, -0.15) is 13.2 Å². The molecule has 1 N–H and O–H groups in total. The van der Waals surface area contributed by atoms with Gasteiger partial charge in [0.05, 0.1) is 12.1 Å². The Hall–Kier alpha value is -1.78. The summed E-state index contributed by atoms with van der Waals surface area (Å²) in [7, 11) is 0. The molecule has 22 heavy (non-hydrogen) atoms. The third kappa shape index (κ3) is 3.03. The number of aromatic amines is 1. The molecular weight excluding hydrogens is 291 g/mol. The number of benzene rings is 1. The Balaban J connectivity index is 2.03. The molecule has 1 heterocycles. The summed E-state index contributed by atoms with van der Waals surface area (Å²) in [5.74, 6) is -0.302. The first-order valence-electron chi connectivity index (χ1n) is 7.66. The van der Waals surface area contributed by atoms with Gasteiger partial charge >= 0.3 is 6.18 Å². The van der Waals surface area contributed by atoms with Crippen LogP contribution in [0.5, 0.6) is 0 Å². The molecule has 1 fully saturated rings. The van der Waals surface area contributed by atoms with Crippen LogP contribution >= 0.6 is 0 Å². The van der Waals surface area contributed by atoms with Crippen LogP contribution in [-0.2, 0) is 6.42 Å². The molecule has 1 aromatic heterocycles. The first kappa shape index (κ1) is 15.1. The summed E-state index contributed by atoms with van der Waals surface area (Å²) in [5, 5.41) is 0.499. The zero-order valence-corrected chi connectivity index (χ0v) is 12.2. The minimum Gasteiger partial charge on any atom is -0.352 e. The predicted octanol–water partition coefficient (Wildman–Crippen LogP) is 5.04. The van der Waals surface area contributed by atoms with E-state index in [9.17, 15) is 18.0 Å². The number of ketones is 1. The number of aromatic nitrogens is 1. The van der Waals surface area contributed by atoms with E-state index in [4.69, 9.17) is 0 Å². The van der Waals surface area contributed by atoms with Crippen molar-refractivity contribution in [1.82, 2.24) is 4.98 Å². The van der Waals surface area contributed by atoms with Crippen molar-refractivity contribution in [2.75, 3.05) is 0 Å². The van der Waals surface area contributed by atoms with Crippen molar-refractivity contribution in [2.45, 2.75) is 44.7 Å². The molecule has 0 unspecified atom stereocenters. The smallest absolute Gasteiger partial charge is 0.352 e. The van der Waals surface area contributed by atoms with E-state index in [-0.39, 0.29) is 23.0 Å². The van der Waals surface area contributed by atoms with Gasteiger partial charge in [0.1, 0.15) is 0 Å². The van der Waals surface area contributed by atoms with Gasteiger partial charge in [-0.05, 0) is 24.5 Å². The van der Waals surface area contributed by atoms with Crippen LogP contribution in [0, 0.1) is 5.92 Å². The molecule has 2 nitrogen and oxygen atoms in total. The molecule has 1 saturated carbocycles. The average Bonchev–Trinajstić information content (AvgIpc) is 2.84. The number of nitrogens with one attached hydrogen (secondary N) is 1. The Morgan fingerprint density at radius 2 is 1.82 bits per heavy atom. The lowest BCUT2D eigenvalue weighted by atomic mass is 9.84. The van der Waals surface area contributed by atoms with Crippen LogP contribution in [0.4, 0.5) is 13.2 Å². The van der Waals surface area contributed by atoms with Gasteiger partial charge in [0, 0.05) is 16.8 Å². The molecule has 118 valence electrons. The first-order chi connectivity index (χ1) is 10.5. The highest BCUT2D eigenvalue weighted by Gasteiger charge is 2.34. The number of rotatable bonds is 3. The number of carbonyl (C=O) groups is 1. The second-order valence-electron chi connectivity index (χ2n) is 6.02. The number of fused-ring (bicyclic) bond motifs is 1. The SMILES string of the molecule is O=C(c1[nH]c2ccccc2c1CC(F)(F)F)C1CCCCC1. The van der Waals surface area contributed by atoms with Crippen molar-refractivity contribution < 1.29 is 18.0 Å². The van der Waals surface area contributed by atoms with Gasteiger partial charge in [0.15, 0.2) is 5.78 Å². The molecule has 1 aromatic carbocycles. The predicted molar refractivity (Wildman–Crippen MR) is 79.0 cm³/mol. The topological polar surface area (TPSA) is 32.9 Å². The highest BCUT2D eigenvalue weighted by atomic mass is 19.4. The van der Waals surface area contributed by atoms with Crippen LogP contribution in [0.3, 0.4) is 0 Å². The van der Waals surface area contributed by atoms with Crippen LogP contribution in [0.15, 0.2) is 24.3 Å². The summed E-state index contributed by atoms with van der Waals surface area (Å²) in [5.41, 5.74) is 0.852. The third-order valence-corrected chi connectivity index (χ3v) is 4.41. The molecule has 2 aromatic rings. The van der Waals surface area contributed by atoms with Crippen LogP contribution in [0.1, 0.15) is 48.2 Å². The zero-order valence-electron chi connectivity index (χ0n) is 12.2. The van der Waals surface area contributed by atoms with Crippen LogP contribution in [-0.4, -0.2) is 16.9 Å². The van der Waals surface area contributed by atoms with Gasteiger partial charge < -0.3 is 4.98 Å². The maximum Gasteiger partial charge on any atom is 0.393 e.